The van der Waals surface area contributed by atoms with E-state index in [1.165, 1.54) is 0 Å². The van der Waals surface area contributed by atoms with Crippen molar-refractivity contribution in [2.24, 2.45) is 11.8 Å². The predicted molar refractivity (Wildman–Crippen MR) is 54.2 cm³/mol. The zero-order valence-electron chi connectivity index (χ0n) is 9.29. The highest BCUT2D eigenvalue weighted by Crippen LogP contribution is 2.24. The molecule has 0 spiro atoms. The van der Waals surface area contributed by atoms with Crippen LogP contribution in [0.4, 0.5) is 0 Å². The highest BCUT2D eigenvalue weighted by Gasteiger charge is 2.33. The number of ketones is 1. The maximum atomic E-state index is 11.9. The molecular weight excluding hydrogens is 180 g/mol. The first-order valence-electron chi connectivity index (χ1n) is 5.31. The maximum absolute atomic E-state index is 11.9. The maximum Gasteiger partial charge on any atom is 0.164 e. The van der Waals surface area contributed by atoms with Gasteiger partial charge in [0.25, 0.3) is 0 Å². The van der Waals surface area contributed by atoms with E-state index in [1.54, 1.807) is 7.11 Å². The van der Waals surface area contributed by atoms with E-state index in [2.05, 4.69) is 6.92 Å². The Morgan fingerprint density at radius 3 is 2.86 bits per heavy atom. The Kier molecular flexibility index (Phi) is 4.55. The summed E-state index contributed by atoms with van der Waals surface area (Å²) in [7, 11) is 1.66. The molecule has 14 heavy (non-hydrogen) atoms. The molecule has 0 radical (unpaired) electrons. The molecule has 0 N–H and O–H groups in total. The second kappa shape index (κ2) is 5.47. The van der Waals surface area contributed by atoms with Crippen molar-refractivity contribution in [1.82, 2.24) is 0 Å². The summed E-state index contributed by atoms with van der Waals surface area (Å²) in [4.78, 5) is 11.9. The first-order valence-corrected chi connectivity index (χ1v) is 5.31. The highest BCUT2D eigenvalue weighted by molar-refractivity contribution is 5.85. The summed E-state index contributed by atoms with van der Waals surface area (Å²) in [5, 5.41) is 0. The Morgan fingerprint density at radius 1 is 1.64 bits per heavy atom. The lowest BCUT2D eigenvalue weighted by Crippen LogP contribution is -2.30. The van der Waals surface area contributed by atoms with Crippen molar-refractivity contribution < 1.29 is 14.3 Å². The summed E-state index contributed by atoms with van der Waals surface area (Å²) < 4.78 is 10.4. The van der Waals surface area contributed by atoms with Crippen molar-refractivity contribution >= 4 is 5.78 Å². The van der Waals surface area contributed by atoms with Crippen molar-refractivity contribution in [2.45, 2.75) is 32.8 Å². The lowest BCUT2D eigenvalue weighted by molar-refractivity contribution is -0.133. The highest BCUT2D eigenvalue weighted by atomic mass is 16.5. The van der Waals surface area contributed by atoms with Crippen LogP contribution in [0, 0.1) is 11.8 Å². The molecule has 0 aromatic rings. The summed E-state index contributed by atoms with van der Waals surface area (Å²) in [6.07, 6.45) is 1.64. The van der Waals surface area contributed by atoms with Crippen LogP contribution < -0.4 is 0 Å². The quantitative estimate of drug-likeness (QED) is 0.677. The monoisotopic (exact) mass is 200 g/mol. The fraction of sp³-hybridized carbons (Fsp3) is 0.909. The van der Waals surface area contributed by atoms with Crippen molar-refractivity contribution in [3.8, 4) is 0 Å². The van der Waals surface area contributed by atoms with Gasteiger partial charge in [0, 0.05) is 26.2 Å². The van der Waals surface area contributed by atoms with Gasteiger partial charge < -0.3 is 9.47 Å². The minimum absolute atomic E-state index is 0.0560. The van der Waals surface area contributed by atoms with Gasteiger partial charge in [0.2, 0.25) is 0 Å². The van der Waals surface area contributed by atoms with Gasteiger partial charge in [-0.05, 0) is 18.8 Å². The first kappa shape index (κ1) is 11.7. The normalized spacial score (nSPS) is 29.1. The van der Waals surface area contributed by atoms with Crippen LogP contribution in [0.5, 0.6) is 0 Å². The van der Waals surface area contributed by atoms with Crippen LogP contribution >= 0.6 is 0 Å². The average Bonchev–Trinajstić information content (AvgIpc) is 2.59. The molecule has 0 amide bonds. The summed E-state index contributed by atoms with van der Waals surface area (Å²) >= 11 is 0. The van der Waals surface area contributed by atoms with E-state index >= 15 is 0 Å². The van der Waals surface area contributed by atoms with Gasteiger partial charge in [0.15, 0.2) is 5.78 Å². The van der Waals surface area contributed by atoms with E-state index in [0.717, 1.165) is 19.4 Å². The summed E-state index contributed by atoms with van der Waals surface area (Å²) in [6.45, 7) is 5.41. The van der Waals surface area contributed by atoms with Crippen LogP contribution in [0.25, 0.3) is 0 Å². The largest absolute Gasteiger partial charge is 0.385 e. The molecule has 1 rings (SSSR count). The Labute approximate surface area is 85.8 Å². The average molecular weight is 200 g/mol. The molecule has 3 heteroatoms. The molecule has 0 aromatic heterocycles. The van der Waals surface area contributed by atoms with E-state index in [1.807, 2.05) is 6.92 Å². The smallest absolute Gasteiger partial charge is 0.164 e. The number of ether oxygens (including phenoxy) is 2. The number of Topliss-reactive ketones (excluding diaryl/α,β-unsaturated/α-hetero) is 1. The van der Waals surface area contributed by atoms with E-state index in [0.29, 0.717) is 12.5 Å². The van der Waals surface area contributed by atoms with Crippen molar-refractivity contribution in [3.63, 3.8) is 0 Å². The van der Waals surface area contributed by atoms with Crippen LogP contribution in [0.3, 0.4) is 0 Å². The number of carbonyl (C=O) groups excluding carboxylic acids is 1. The van der Waals surface area contributed by atoms with Gasteiger partial charge >= 0.3 is 0 Å². The molecule has 1 aliphatic heterocycles. The number of rotatable bonds is 5. The molecule has 3 nitrogen and oxygen atoms in total. The molecule has 82 valence electrons. The lowest BCUT2D eigenvalue weighted by atomic mass is 9.92. The molecule has 0 saturated carbocycles. The van der Waals surface area contributed by atoms with Crippen LogP contribution in [0.15, 0.2) is 0 Å². The van der Waals surface area contributed by atoms with Gasteiger partial charge in [-0.1, -0.05) is 13.8 Å². The van der Waals surface area contributed by atoms with Crippen LogP contribution in [-0.2, 0) is 14.3 Å². The van der Waals surface area contributed by atoms with Crippen molar-refractivity contribution in [1.29, 1.82) is 0 Å². The number of carbonyl (C=O) groups is 1. The third-order valence-corrected chi connectivity index (χ3v) is 2.91. The zero-order valence-corrected chi connectivity index (χ0v) is 9.29. The fourth-order valence-corrected chi connectivity index (χ4v) is 1.78. The fourth-order valence-electron chi connectivity index (χ4n) is 1.78. The predicted octanol–water partition coefficient (Wildman–Crippen LogP) is 1.65. The first-order chi connectivity index (χ1) is 6.66. The molecule has 1 aliphatic rings. The van der Waals surface area contributed by atoms with Gasteiger partial charge in [0.05, 0.1) is 0 Å². The number of methoxy groups -OCH3 is 1. The van der Waals surface area contributed by atoms with Crippen molar-refractivity contribution in [2.75, 3.05) is 20.3 Å². The SMILES string of the molecule is COCCC(C)C(=O)C1OCCC1C. The lowest BCUT2D eigenvalue weighted by Gasteiger charge is -2.17. The second-order valence-electron chi connectivity index (χ2n) is 4.14. The second-order valence-corrected chi connectivity index (χ2v) is 4.14. The Balaban J connectivity index is 2.39. The van der Waals surface area contributed by atoms with Gasteiger partial charge in [-0.2, -0.15) is 0 Å². The molecular formula is C11H20O3. The molecule has 0 aromatic carbocycles. The van der Waals surface area contributed by atoms with E-state index in [9.17, 15) is 4.79 Å². The topological polar surface area (TPSA) is 35.5 Å². The summed E-state index contributed by atoms with van der Waals surface area (Å²) in [5.74, 6) is 0.681. The van der Waals surface area contributed by atoms with E-state index in [4.69, 9.17) is 9.47 Å². The van der Waals surface area contributed by atoms with Gasteiger partial charge in [-0.15, -0.1) is 0 Å². The van der Waals surface area contributed by atoms with E-state index in [-0.39, 0.29) is 17.8 Å². The van der Waals surface area contributed by atoms with Gasteiger partial charge in [-0.25, -0.2) is 0 Å². The summed E-state index contributed by atoms with van der Waals surface area (Å²) in [5.41, 5.74) is 0. The van der Waals surface area contributed by atoms with Crippen molar-refractivity contribution in [3.05, 3.63) is 0 Å². The Hall–Kier alpha value is -0.410. The Morgan fingerprint density at radius 2 is 2.36 bits per heavy atom. The third kappa shape index (κ3) is 2.79. The summed E-state index contributed by atoms with van der Waals surface area (Å²) in [6, 6.07) is 0. The standard InChI is InChI=1S/C11H20O3/c1-8(4-6-13-3)10(12)11-9(2)5-7-14-11/h8-9,11H,4-7H2,1-3H3. The van der Waals surface area contributed by atoms with Gasteiger partial charge in [-0.3, -0.25) is 4.79 Å². The zero-order chi connectivity index (χ0) is 10.6. The van der Waals surface area contributed by atoms with Crippen LogP contribution in [-0.4, -0.2) is 32.2 Å². The number of hydrogen-bond donors (Lipinski definition) is 0. The molecule has 0 bridgehead atoms. The molecule has 3 unspecified atom stereocenters. The van der Waals surface area contributed by atoms with Gasteiger partial charge in [0.1, 0.15) is 6.10 Å². The molecule has 0 aliphatic carbocycles. The molecule has 1 fully saturated rings. The third-order valence-electron chi connectivity index (χ3n) is 2.91. The van der Waals surface area contributed by atoms with Crippen LogP contribution in [0.2, 0.25) is 0 Å². The molecule has 1 saturated heterocycles. The van der Waals surface area contributed by atoms with Crippen LogP contribution in [0.1, 0.15) is 26.7 Å². The molecule has 3 atom stereocenters. The number of hydrogen-bond acceptors (Lipinski definition) is 3. The Bertz CT molecular complexity index is 191. The van der Waals surface area contributed by atoms with E-state index < -0.39 is 0 Å². The minimum atomic E-state index is -0.165. The minimum Gasteiger partial charge on any atom is -0.385 e. The molecule has 1 heterocycles.